The van der Waals surface area contributed by atoms with Crippen LogP contribution in [-0.2, 0) is 9.47 Å². The summed E-state index contributed by atoms with van der Waals surface area (Å²) in [6.07, 6.45) is 0. The predicted molar refractivity (Wildman–Crippen MR) is 81.7 cm³/mol. The highest BCUT2D eigenvalue weighted by atomic mass is 79.9. The lowest BCUT2D eigenvalue weighted by Gasteiger charge is -2.15. The van der Waals surface area contributed by atoms with Gasteiger partial charge in [0.15, 0.2) is 5.69 Å². The van der Waals surface area contributed by atoms with Gasteiger partial charge in [0.1, 0.15) is 5.69 Å². The maximum Gasteiger partial charge on any atom is 0.357 e. The Morgan fingerprint density at radius 1 is 1.25 bits per heavy atom. The van der Waals surface area contributed by atoms with Crippen molar-refractivity contribution < 1.29 is 19.1 Å². The molecule has 1 rings (SSSR count). The summed E-state index contributed by atoms with van der Waals surface area (Å²) in [6.45, 7) is 6.98. The lowest BCUT2D eigenvalue weighted by molar-refractivity contribution is 0.0517. The van der Waals surface area contributed by atoms with Gasteiger partial charge in [-0.15, -0.1) is 0 Å². The number of pyridine rings is 1. The summed E-state index contributed by atoms with van der Waals surface area (Å²) < 4.78 is 10.3. The van der Waals surface area contributed by atoms with E-state index in [2.05, 4.69) is 45.3 Å². The minimum atomic E-state index is -1.25. The Hall–Kier alpha value is -1.21. The molecule has 0 aliphatic rings. The molecular formula is C13H18BrNO4Si. The second-order valence-corrected chi connectivity index (χ2v) is 11.9. The van der Waals surface area contributed by atoms with Gasteiger partial charge in [-0.25, -0.2) is 14.6 Å². The second-order valence-electron chi connectivity index (χ2n) is 5.47. The Morgan fingerprint density at radius 3 is 2.45 bits per heavy atom. The van der Waals surface area contributed by atoms with E-state index < -0.39 is 20.0 Å². The minimum absolute atomic E-state index is 0.0622. The van der Waals surface area contributed by atoms with Crippen LogP contribution in [0.1, 0.15) is 21.0 Å². The summed E-state index contributed by atoms with van der Waals surface area (Å²) in [5, 5.41) is 0. The van der Waals surface area contributed by atoms with Crippen molar-refractivity contribution in [2.75, 3.05) is 13.7 Å². The number of hydrogen-bond donors (Lipinski definition) is 0. The molecule has 5 nitrogen and oxygen atoms in total. The fourth-order valence-corrected chi connectivity index (χ4v) is 2.42. The fraction of sp³-hybridized carbons (Fsp3) is 0.462. The van der Waals surface area contributed by atoms with Crippen molar-refractivity contribution in [1.82, 2.24) is 4.98 Å². The number of esters is 2. The molecular weight excluding hydrogens is 342 g/mol. The number of hydrogen-bond acceptors (Lipinski definition) is 5. The fourth-order valence-electron chi connectivity index (χ4n) is 1.32. The molecule has 0 bridgehead atoms. The van der Waals surface area contributed by atoms with Crippen molar-refractivity contribution in [3.8, 4) is 0 Å². The Morgan fingerprint density at radius 2 is 1.90 bits per heavy atom. The molecule has 0 unspecified atom stereocenters. The standard InChI is InChI=1S/C13H18BrNO4Si/c1-18-13(17)11-9(14)5-6-10(15-11)12(16)19-7-8-20(2,3)4/h5-6H,7-8H2,1-4H3. The van der Waals surface area contributed by atoms with Crippen LogP contribution >= 0.6 is 15.9 Å². The molecule has 0 fully saturated rings. The molecule has 7 heteroatoms. The van der Waals surface area contributed by atoms with Crippen LogP contribution in [0.25, 0.3) is 0 Å². The monoisotopic (exact) mass is 359 g/mol. The molecule has 0 N–H and O–H groups in total. The molecule has 0 aliphatic carbocycles. The first-order chi connectivity index (χ1) is 9.24. The van der Waals surface area contributed by atoms with Crippen LogP contribution < -0.4 is 0 Å². The number of carbonyl (C=O) groups excluding carboxylic acids is 2. The van der Waals surface area contributed by atoms with Crippen molar-refractivity contribution in [3.05, 3.63) is 28.0 Å². The van der Waals surface area contributed by atoms with E-state index in [1.54, 1.807) is 6.07 Å². The second kappa shape index (κ2) is 6.99. The van der Waals surface area contributed by atoms with Crippen LogP contribution in [-0.4, -0.2) is 38.7 Å². The van der Waals surface area contributed by atoms with Crippen molar-refractivity contribution in [3.63, 3.8) is 0 Å². The zero-order chi connectivity index (χ0) is 15.3. The van der Waals surface area contributed by atoms with Gasteiger partial charge in [-0.3, -0.25) is 0 Å². The minimum Gasteiger partial charge on any atom is -0.464 e. The highest BCUT2D eigenvalue weighted by Crippen LogP contribution is 2.17. The lowest BCUT2D eigenvalue weighted by atomic mass is 10.3. The Labute approximate surface area is 127 Å². The van der Waals surface area contributed by atoms with Crippen LogP contribution in [0.5, 0.6) is 0 Å². The van der Waals surface area contributed by atoms with Crippen LogP contribution in [0.3, 0.4) is 0 Å². The van der Waals surface area contributed by atoms with Gasteiger partial charge in [-0.2, -0.15) is 0 Å². The topological polar surface area (TPSA) is 65.5 Å². The molecule has 0 saturated carbocycles. The third kappa shape index (κ3) is 5.05. The number of carbonyl (C=O) groups is 2. The summed E-state index contributed by atoms with van der Waals surface area (Å²) in [6, 6.07) is 3.97. The Kier molecular flexibility index (Phi) is 5.88. The van der Waals surface area contributed by atoms with Gasteiger partial charge >= 0.3 is 11.9 Å². The van der Waals surface area contributed by atoms with Gasteiger partial charge < -0.3 is 9.47 Å². The Bertz CT molecular complexity index is 514. The van der Waals surface area contributed by atoms with Crippen LogP contribution in [0.15, 0.2) is 16.6 Å². The number of rotatable bonds is 5. The van der Waals surface area contributed by atoms with E-state index in [1.165, 1.54) is 13.2 Å². The summed E-state index contributed by atoms with van der Waals surface area (Å²) in [7, 11) is 0.0116. The molecule has 0 aromatic carbocycles. The highest BCUT2D eigenvalue weighted by molar-refractivity contribution is 9.10. The zero-order valence-electron chi connectivity index (χ0n) is 12.0. The number of aromatic nitrogens is 1. The van der Waals surface area contributed by atoms with Gasteiger partial charge in [-0.1, -0.05) is 19.6 Å². The van der Waals surface area contributed by atoms with E-state index in [0.717, 1.165) is 6.04 Å². The third-order valence-electron chi connectivity index (χ3n) is 2.52. The molecule has 0 spiro atoms. The molecule has 1 aromatic heterocycles. The Balaban J connectivity index is 2.76. The van der Waals surface area contributed by atoms with Crippen molar-refractivity contribution >= 4 is 35.9 Å². The number of methoxy groups -OCH3 is 1. The first kappa shape index (κ1) is 16.8. The maximum atomic E-state index is 11.9. The summed E-state index contributed by atoms with van der Waals surface area (Å²) >= 11 is 3.19. The molecule has 1 heterocycles. The molecule has 0 amide bonds. The SMILES string of the molecule is COC(=O)c1nc(C(=O)OCC[Si](C)(C)C)ccc1Br. The van der Waals surface area contributed by atoms with Gasteiger partial charge in [0.2, 0.25) is 0 Å². The average molecular weight is 360 g/mol. The van der Waals surface area contributed by atoms with Gasteiger partial charge in [0, 0.05) is 8.07 Å². The summed E-state index contributed by atoms with van der Waals surface area (Å²) in [4.78, 5) is 27.3. The molecule has 20 heavy (non-hydrogen) atoms. The molecule has 0 saturated heterocycles. The van der Waals surface area contributed by atoms with E-state index in [9.17, 15) is 9.59 Å². The highest BCUT2D eigenvalue weighted by Gasteiger charge is 2.18. The van der Waals surface area contributed by atoms with E-state index in [0.29, 0.717) is 11.1 Å². The quantitative estimate of drug-likeness (QED) is 0.596. The predicted octanol–water partition coefficient (Wildman–Crippen LogP) is 3.13. The molecule has 0 radical (unpaired) electrons. The van der Waals surface area contributed by atoms with Crippen LogP contribution in [0.4, 0.5) is 0 Å². The van der Waals surface area contributed by atoms with Gasteiger partial charge in [-0.05, 0) is 34.1 Å². The maximum absolute atomic E-state index is 11.9. The lowest BCUT2D eigenvalue weighted by Crippen LogP contribution is -2.23. The van der Waals surface area contributed by atoms with E-state index in [4.69, 9.17) is 4.74 Å². The van der Waals surface area contributed by atoms with Crippen LogP contribution in [0.2, 0.25) is 25.7 Å². The van der Waals surface area contributed by atoms with Crippen molar-refractivity contribution in [2.24, 2.45) is 0 Å². The van der Waals surface area contributed by atoms with E-state index >= 15 is 0 Å². The summed E-state index contributed by atoms with van der Waals surface area (Å²) in [5.41, 5.74) is 0.163. The number of ether oxygens (including phenoxy) is 2. The number of halogens is 1. The molecule has 0 aliphatic heterocycles. The smallest absolute Gasteiger partial charge is 0.357 e. The van der Waals surface area contributed by atoms with Crippen LogP contribution in [0, 0.1) is 0 Å². The first-order valence-electron chi connectivity index (χ1n) is 6.16. The largest absolute Gasteiger partial charge is 0.464 e. The summed E-state index contributed by atoms with van der Waals surface area (Å²) in [5.74, 6) is -1.13. The number of nitrogens with zero attached hydrogens (tertiary/aromatic N) is 1. The van der Waals surface area contributed by atoms with Crippen molar-refractivity contribution in [2.45, 2.75) is 25.7 Å². The molecule has 0 atom stereocenters. The van der Waals surface area contributed by atoms with E-state index in [1.807, 2.05) is 0 Å². The van der Waals surface area contributed by atoms with Crippen molar-refractivity contribution in [1.29, 1.82) is 0 Å². The van der Waals surface area contributed by atoms with E-state index in [-0.39, 0.29) is 11.4 Å². The molecule has 1 aromatic rings. The third-order valence-corrected chi connectivity index (χ3v) is 4.86. The average Bonchev–Trinajstić information content (AvgIpc) is 2.36. The van der Waals surface area contributed by atoms with Gasteiger partial charge in [0.25, 0.3) is 0 Å². The first-order valence-corrected chi connectivity index (χ1v) is 10.7. The molecule has 110 valence electrons. The van der Waals surface area contributed by atoms with Gasteiger partial charge in [0.05, 0.1) is 18.2 Å². The zero-order valence-corrected chi connectivity index (χ0v) is 14.6. The normalized spacial score (nSPS) is 11.1.